The summed E-state index contributed by atoms with van der Waals surface area (Å²) in [6.07, 6.45) is 4.65. The molecule has 0 saturated heterocycles. The molecule has 0 bridgehead atoms. The van der Waals surface area contributed by atoms with Crippen LogP contribution in [0.25, 0.3) is 0 Å². The second kappa shape index (κ2) is 5.34. The van der Waals surface area contributed by atoms with Crippen LogP contribution in [0.1, 0.15) is 17.4 Å². The lowest BCUT2D eigenvalue weighted by atomic mass is 10.1. The minimum Gasteiger partial charge on any atom is -0.337 e. The van der Waals surface area contributed by atoms with Crippen molar-refractivity contribution in [1.29, 1.82) is 0 Å². The highest BCUT2D eigenvalue weighted by molar-refractivity contribution is 6.30. The van der Waals surface area contributed by atoms with Gasteiger partial charge in [-0.2, -0.15) is 0 Å². The zero-order valence-corrected chi connectivity index (χ0v) is 10.8. The van der Waals surface area contributed by atoms with Crippen LogP contribution in [0, 0.1) is 0 Å². The van der Waals surface area contributed by atoms with Crippen LogP contribution in [0.2, 0.25) is 5.02 Å². The Bertz CT molecular complexity index is 493. The smallest absolute Gasteiger partial charge is 0.125 e. The van der Waals surface area contributed by atoms with E-state index in [2.05, 4.69) is 16.4 Å². The Labute approximate surface area is 106 Å². The first-order chi connectivity index (χ1) is 8.20. The Morgan fingerprint density at radius 2 is 2.29 bits per heavy atom. The lowest BCUT2D eigenvalue weighted by Gasteiger charge is -2.16. The van der Waals surface area contributed by atoms with E-state index in [9.17, 15) is 0 Å². The molecule has 0 saturated carbocycles. The van der Waals surface area contributed by atoms with Crippen LogP contribution in [0.4, 0.5) is 0 Å². The predicted octanol–water partition coefficient (Wildman–Crippen LogP) is 2.58. The molecule has 17 heavy (non-hydrogen) atoms. The van der Waals surface area contributed by atoms with E-state index in [4.69, 9.17) is 11.6 Å². The van der Waals surface area contributed by atoms with Gasteiger partial charge in [0.1, 0.15) is 5.82 Å². The number of likely N-dealkylation sites (N-methyl/N-ethyl adjacent to an activating group) is 1. The maximum atomic E-state index is 5.99. The molecule has 1 N–H and O–H groups in total. The van der Waals surface area contributed by atoms with E-state index in [1.165, 1.54) is 5.56 Å². The van der Waals surface area contributed by atoms with E-state index >= 15 is 0 Å². The molecule has 0 spiro atoms. The van der Waals surface area contributed by atoms with Crippen molar-refractivity contribution in [2.45, 2.75) is 12.5 Å². The number of hydrogen-bond donors (Lipinski definition) is 1. The largest absolute Gasteiger partial charge is 0.337 e. The maximum absolute atomic E-state index is 5.99. The summed E-state index contributed by atoms with van der Waals surface area (Å²) in [5.74, 6) is 1.03. The molecule has 0 aliphatic carbocycles. The Hall–Kier alpha value is -1.32. The summed E-state index contributed by atoms with van der Waals surface area (Å²) in [5.41, 5.74) is 1.21. The van der Waals surface area contributed by atoms with Gasteiger partial charge in [0.15, 0.2) is 0 Å². The summed E-state index contributed by atoms with van der Waals surface area (Å²) >= 11 is 5.99. The molecule has 4 heteroatoms. The van der Waals surface area contributed by atoms with Gasteiger partial charge >= 0.3 is 0 Å². The highest BCUT2D eigenvalue weighted by Crippen LogP contribution is 2.18. The molecule has 0 aliphatic heterocycles. The molecule has 2 aromatic rings. The van der Waals surface area contributed by atoms with Crippen molar-refractivity contribution in [3.05, 3.63) is 53.1 Å². The first kappa shape index (κ1) is 12.1. The molecule has 2 rings (SSSR count). The van der Waals surface area contributed by atoms with Gasteiger partial charge in [-0.3, -0.25) is 0 Å². The molecular weight excluding hydrogens is 234 g/mol. The van der Waals surface area contributed by atoms with Crippen molar-refractivity contribution in [3.63, 3.8) is 0 Å². The number of aryl methyl sites for hydroxylation is 1. The van der Waals surface area contributed by atoms with Gasteiger partial charge in [0, 0.05) is 24.5 Å². The highest BCUT2D eigenvalue weighted by Gasteiger charge is 2.14. The lowest BCUT2D eigenvalue weighted by Crippen LogP contribution is -2.22. The standard InChI is InChI=1S/C13H16ClN3/c1-15-12(13-16-6-7-17(13)2)9-10-4-3-5-11(14)8-10/h3-8,12,15H,9H2,1-2H3. The highest BCUT2D eigenvalue weighted by atomic mass is 35.5. The summed E-state index contributed by atoms with van der Waals surface area (Å²) in [5, 5.41) is 4.06. The van der Waals surface area contributed by atoms with Crippen LogP contribution in [-0.4, -0.2) is 16.6 Å². The molecule has 0 aliphatic rings. The maximum Gasteiger partial charge on any atom is 0.125 e. The van der Waals surface area contributed by atoms with E-state index in [1.807, 2.05) is 49.3 Å². The van der Waals surface area contributed by atoms with E-state index < -0.39 is 0 Å². The number of aromatic nitrogens is 2. The van der Waals surface area contributed by atoms with Gasteiger partial charge in [0.2, 0.25) is 0 Å². The summed E-state index contributed by atoms with van der Waals surface area (Å²) < 4.78 is 2.03. The average molecular weight is 250 g/mol. The van der Waals surface area contributed by atoms with Crippen LogP contribution >= 0.6 is 11.6 Å². The van der Waals surface area contributed by atoms with E-state index in [0.717, 1.165) is 17.3 Å². The van der Waals surface area contributed by atoms with E-state index in [-0.39, 0.29) is 6.04 Å². The molecule has 1 atom stereocenters. The van der Waals surface area contributed by atoms with Crippen molar-refractivity contribution < 1.29 is 0 Å². The number of rotatable bonds is 4. The summed E-state index contributed by atoms with van der Waals surface area (Å²) in [4.78, 5) is 4.37. The Morgan fingerprint density at radius 1 is 1.47 bits per heavy atom. The molecule has 90 valence electrons. The minimum atomic E-state index is 0.202. The second-order valence-corrected chi connectivity index (χ2v) is 4.51. The molecule has 1 unspecified atom stereocenters. The molecule has 0 amide bonds. The van der Waals surface area contributed by atoms with Gasteiger partial charge in [-0.1, -0.05) is 23.7 Å². The molecule has 1 aromatic heterocycles. The molecular formula is C13H16ClN3. The quantitative estimate of drug-likeness (QED) is 0.903. The molecule has 0 radical (unpaired) electrons. The number of nitrogens with one attached hydrogen (secondary N) is 1. The predicted molar refractivity (Wildman–Crippen MR) is 70.2 cm³/mol. The zero-order valence-electron chi connectivity index (χ0n) is 10.0. The van der Waals surface area contributed by atoms with Crippen molar-refractivity contribution in [3.8, 4) is 0 Å². The van der Waals surface area contributed by atoms with Gasteiger partial charge < -0.3 is 9.88 Å². The number of halogens is 1. The van der Waals surface area contributed by atoms with Crippen LogP contribution in [-0.2, 0) is 13.5 Å². The first-order valence-corrected chi connectivity index (χ1v) is 5.97. The third-order valence-electron chi connectivity index (χ3n) is 2.85. The van der Waals surface area contributed by atoms with E-state index in [0.29, 0.717) is 0 Å². The molecule has 1 heterocycles. The Balaban J connectivity index is 2.19. The fourth-order valence-electron chi connectivity index (χ4n) is 1.94. The van der Waals surface area contributed by atoms with E-state index in [1.54, 1.807) is 0 Å². The average Bonchev–Trinajstić information content (AvgIpc) is 2.72. The van der Waals surface area contributed by atoms with Gasteiger partial charge in [0.25, 0.3) is 0 Å². The van der Waals surface area contributed by atoms with Gasteiger partial charge in [-0.25, -0.2) is 4.98 Å². The number of benzene rings is 1. The molecule has 0 fully saturated rings. The van der Waals surface area contributed by atoms with Crippen molar-refractivity contribution in [1.82, 2.24) is 14.9 Å². The van der Waals surface area contributed by atoms with Gasteiger partial charge in [-0.05, 0) is 31.2 Å². The zero-order chi connectivity index (χ0) is 12.3. The second-order valence-electron chi connectivity index (χ2n) is 4.07. The third-order valence-corrected chi connectivity index (χ3v) is 3.08. The van der Waals surface area contributed by atoms with Crippen LogP contribution in [0.15, 0.2) is 36.7 Å². The number of nitrogens with zero attached hydrogens (tertiary/aromatic N) is 2. The summed E-state index contributed by atoms with van der Waals surface area (Å²) in [7, 11) is 3.95. The third kappa shape index (κ3) is 2.87. The van der Waals surface area contributed by atoms with Crippen LogP contribution in [0.3, 0.4) is 0 Å². The number of hydrogen-bond acceptors (Lipinski definition) is 2. The molecule has 1 aromatic carbocycles. The van der Waals surface area contributed by atoms with Crippen molar-refractivity contribution in [2.75, 3.05) is 7.05 Å². The number of imidazole rings is 1. The van der Waals surface area contributed by atoms with Gasteiger partial charge in [0.05, 0.1) is 6.04 Å². The topological polar surface area (TPSA) is 29.9 Å². The SMILES string of the molecule is CNC(Cc1cccc(Cl)c1)c1nccn1C. The summed E-state index contributed by atoms with van der Waals surface area (Å²) in [6.45, 7) is 0. The fourth-order valence-corrected chi connectivity index (χ4v) is 2.15. The van der Waals surface area contributed by atoms with Crippen molar-refractivity contribution in [2.24, 2.45) is 7.05 Å². The Kier molecular flexibility index (Phi) is 3.82. The Morgan fingerprint density at radius 3 is 2.88 bits per heavy atom. The van der Waals surface area contributed by atoms with Crippen LogP contribution in [0.5, 0.6) is 0 Å². The van der Waals surface area contributed by atoms with Crippen LogP contribution < -0.4 is 5.32 Å². The minimum absolute atomic E-state index is 0.202. The van der Waals surface area contributed by atoms with Gasteiger partial charge in [-0.15, -0.1) is 0 Å². The fraction of sp³-hybridized carbons (Fsp3) is 0.308. The summed E-state index contributed by atoms with van der Waals surface area (Å²) in [6, 6.07) is 8.14. The monoisotopic (exact) mass is 249 g/mol. The normalized spacial score (nSPS) is 12.6. The lowest BCUT2D eigenvalue weighted by molar-refractivity contribution is 0.538. The van der Waals surface area contributed by atoms with Crippen molar-refractivity contribution >= 4 is 11.6 Å². The first-order valence-electron chi connectivity index (χ1n) is 5.59. The molecule has 3 nitrogen and oxygen atoms in total.